The molecule has 116 valence electrons. The number of hydrogen-bond acceptors (Lipinski definition) is 3. The van der Waals surface area contributed by atoms with E-state index in [0.717, 1.165) is 25.4 Å². The van der Waals surface area contributed by atoms with Crippen LogP contribution in [0.4, 0.5) is 0 Å². The van der Waals surface area contributed by atoms with Gasteiger partial charge in [-0.3, -0.25) is 9.69 Å². The number of carbonyl (C=O) groups excluding carboxylic acids is 1. The first-order chi connectivity index (χ1) is 9.76. The van der Waals surface area contributed by atoms with Gasteiger partial charge in [0, 0.05) is 33.4 Å². The highest BCUT2D eigenvalue weighted by atomic mass is 16.5. The number of rotatable bonds is 10. The van der Waals surface area contributed by atoms with Crippen molar-refractivity contribution in [3.05, 3.63) is 12.7 Å². The van der Waals surface area contributed by atoms with Crippen LogP contribution in [-0.4, -0.2) is 50.7 Å². The Morgan fingerprint density at radius 1 is 1.40 bits per heavy atom. The van der Waals surface area contributed by atoms with Crippen molar-refractivity contribution in [3.8, 4) is 0 Å². The molecule has 1 aliphatic carbocycles. The highest BCUT2D eigenvalue weighted by molar-refractivity contribution is 5.77. The van der Waals surface area contributed by atoms with Gasteiger partial charge in [0.25, 0.3) is 0 Å². The van der Waals surface area contributed by atoms with Crippen molar-refractivity contribution in [2.45, 2.75) is 38.5 Å². The van der Waals surface area contributed by atoms with E-state index in [2.05, 4.69) is 16.8 Å². The van der Waals surface area contributed by atoms with Crippen molar-refractivity contribution < 1.29 is 9.53 Å². The summed E-state index contributed by atoms with van der Waals surface area (Å²) in [5.74, 6) is 0.865. The lowest BCUT2D eigenvalue weighted by atomic mass is 9.89. The van der Waals surface area contributed by atoms with Crippen LogP contribution in [-0.2, 0) is 9.53 Å². The molecule has 0 spiro atoms. The van der Waals surface area contributed by atoms with E-state index >= 15 is 0 Å². The van der Waals surface area contributed by atoms with Crippen LogP contribution in [0.25, 0.3) is 0 Å². The van der Waals surface area contributed by atoms with Gasteiger partial charge in [0.2, 0.25) is 5.91 Å². The number of nitrogens with one attached hydrogen (secondary N) is 1. The van der Waals surface area contributed by atoms with Crippen molar-refractivity contribution in [2.75, 3.05) is 39.9 Å². The van der Waals surface area contributed by atoms with E-state index in [4.69, 9.17) is 4.74 Å². The third-order valence-corrected chi connectivity index (χ3v) is 3.84. The number of amides is 1. The Kier molecular flexibility index (Phi) is 9.33. The van der Waals surface area contributed by atoms with Gasteiger partial charge in [-0.15, -0.1) is 6.58 Å². The fourth-order valence-corrected chi connectivity index (χ4v) is 2.82. The lowest BCUT2D eigenvalue weighted by Crippen LogP contribution is -2.40. The highest BCUT2D eigenvalue weighted by Gasteiger charge is 2.18. The van der Waals surface area contributed by atoms with Crippen molar-refractivity contribution >= 4 is 5.91 Å². The molecule has 20 heavy (non-hydrogen) atoms. The van der Waals surface area contributed by atoms with Gasteiger partial charge in [-0.25, -0.2) is 0 Å². The zero-order chi connectivity index (χ0) is 14.6. The first-order valence-corrected chi connectivity index (χ1v) is 7.85. The summed E-state index contributed by atoms with van der Waals surface area (Å²) < 4.78 is 4.97. The molecule has 1 N–H and O–H groups in total. The summed E-state index contributed by atoms with van der Waals surface area (Å²) in [5.41, 5.74) is 0. The monoisotopic (exact) mass is 282 g/mol. The van der Waals surface area contributed by atoms with Gasteiger partial charge in [-0.05, 0) is 25.2 Å². The minimum Gasteiger partial charge on any atom is -0.385 e. The zero-order valence-corrected chi connectivity index (χ0v) is 12.9. The molecule has 1 rings (SSSR count). The molecule has 1 fully saturated rings. The second-order valence-corrected chi connectivity index (χ2v) is 5.68. The van der Waals surface area contributed by atoms with Crippen LogP contribution < -0.4 is 5.32 Å². The molecule has 0 aromatic carbocycles. The molecular formula is C16H30N2O2. The summed E-state index contributed by atoms with van der Waals surface area (Å²) >= 11 is 0. The molecule has 0 radical (unpaired) electrons. The molecule has 1 amide bonds. The number of methoxy groups -OCH3 is 1. The third-order valence-electron chi connectivity index (χ3n) is 3.84. The maximum absolute atomic E-state index is 11.9. The van der Waals surface area contributed by atoms with Crippen molar-refractivity contribution in [2.24, 2.45) is 5.92 Å². The number of nitrogens with zero attached hydrogens (tertiary/aromatic N) is 1. The molecular weight excluding hydrogens is 252 g/mol. The summed E-state index contributed by atoms with van der Waals surface area (Å²) in [6.45, 7) is 7.48. The zero-order valence-electron chi connectivity index (χ0n) is 12.9. The Morgan fingerprint density at radius 3 is 2.80 bits per heavy atom. The summed E-state index contributed by atoms with van der Waals surface area (Å²) in [6.07, 6.45) is 9.43. The normalized spacial score (nSPS) is 16.3. The molecule has 4 nitrogen and oxygen atoms in total. The molecule has 4 heteroatoms. The molecule has 0 aliphatic heterocycles. The number of ether oxygens (including phenoxy) is 1. The fourth-order valence-electron chi connectivity index (χ4n) is 2.82. The van der Waals surface area contributed by atoms with Gasteiger partial charge in [0.15, 0.2) is 0 Å². The second kappa shape index (κ2) is 10.9. The Bertz CT molecular complexity index is 276. The maximum atomic E-state index is 11.9. The summed E-state index contributed by atoms with van der Waals surface area (Å²) in [7, 11) is 1.68. The number of carbonyl (C=O) groups is 1. The van der Waals surface area contributed by atoms with Crippen LogP contribution in [0.15, 0.2) is 12.7 Å². The SMILES string of the molecule is C=CCN(CC(=O)NCCCOC)CC1CCCCC1. The van der Waals surface area contributed by atoms with Gasteiger partial charge in [0.05, 0.1) is 6.54 Å². The minimum atomic E-state index is 0.110. The average molecular weight is 282 g/mol. The topological polar surface area (TPSA) is 41.6 Å². The van der Waals surface area contributed by atoms with E-state index in [-0.39, 0.29) is 5.91 Å². The van der Waals surface area contributed by atoms with E-state index < -0.39 is 0 Å². The second-order valence-electron chi connectivity index (χ2n) is 5.68. The maximum Gasteiger partial charge on any atom is 0.234 e. The van der Waals surface area contributed by atoms with Crippen LogP contribution in [0.5, 0.6) is 0 Å². The van der Waals surface area contributed by atoms with Crippen LogP contribution in [0, 0.1) is 5.92 Å². The first kappa shape index (κ1) is 17.2. The lowest BCUT2D eigenvalue weighted by Gasteiger charge is -2.28. The lowest BCUT2D eigenvalue weighted by molar-refractivity contribution is -0.122. The van der Waals surface area contributed by atoms with Gasteiger partial charge in [0.1, 0.15) is 0 Å². The van der Waals surface area contributed by atoms with Crippen molar-refractivity contribution in [1.82, 2.24) is 10.2 Å². The molecule has 0 aromatic heterocycles. The average Bonchev–Trinajstić information content (AvgIpc) is 2.45. The summed E-state index contributed by atoms with van der Waals surface area (Å²) in [4.78, 5) is 14.1. The van der Waals surface area contributed by atoms with E-state index in [1.54, 1.807) is 7.11 Å². The molecule has 1 aliphatic rings. The highest BCUT2D eigenvalue weighted by Crippen LogP contribution is 2.24. The Labute approximate surface area is 123 Å². The minimum absolute atomic E-state index is 0.110. The molecule has 0 bridgehead atoms. The largest absolute Gasteiger partial charge is 0.385 e. The van der Waals surface area contributed by atoms with Crippen LogP contribution in [0.2, 0.25) is 0 Å². The molecule has 0 atom stereocenters. The van der Waals surface area contributed by atoms with E-state index in [1.807, 2.05) is 6.08 Å². The van der Waals surface area contributed by atoms with Gasteiger partial charge >= 0.3 is 0 Å². The fraction of sp³-hybridized carbons (Fsp3) is 0.812. The molecule has 0 aromatic rings. The van der Waals surface area contributed by atoms with Gasteiger partial charge in [-0.1, -0.05) is 25.3 Å². The smallest absolute Gasteiger partial charge is 0.234 e. The third kappa shape index (κ3) is 7.65. The van der Waals surface area contributed by atoms with Gasteiger partial charge in [-0.2, -0.15) is 0 Å². The Balaban J connectivity index is 2.25. The van der Waals surface area contributed by atoms with Crippen LogP contribution in [0.1, 0.15) is 38.5 Å². The van der Waals surface area contributed by atoms with Crippen LogP contribution in [0.3, 0.4) is 0 Å². The Hall–Kier alpha value is -0.870. The van der Waals surface area contributed by atoms with E-state index in [9.17, 15) is 4.79 Å². The predicted molar refractivity (Wildman–Crippen MR) is 82.7 cm³/mol. The van der Waals surface area contributed by atoms with E-state index in [1.165, 1.54) is 32.1 Å². The number of hydrogen-bond donors (Lipinski definition) is 1. The molecule has 0 unspecified atom stereocenters. The molecule has 1 saturated carbocycles. The summed E-state index contributed by atoms with van der Waals surface area (Å²) in [6, 6.07) is 0. The van der Waals surface area contributed by atoms with E-state index in [0.29, 0.717) is 19.7 Å². The molecule has 0 saturated heterocycles. The van der Waals surface area contributed by atoms with Crippen molar-refractivity contribution in [1.29, 1.82) is 0 Å². The quantitative estimate of drug-likeness (QED) is 0.493. The van der Waals surface area contributed by atoms with Crippen LogP contribution >= 0.6 is 0 Å². The van der Waals surface area contributed by atoms with Crippen molar-refractivity contribution in [3.63, 3.8) is 0 Å². The molecule has 0 heterocycles. The standard InChI is InChI=1S/C16H30N2O2/c1-3-11-18(13-15-8-5-4-6-9-15)14-16(19)17-10-7-12-20-2/h3,15H,1,4-14H2,2H3,(H,17,19). The summed E-state index contributed by atoms with van der Waals surface area (Å²) in [5, 5.41) is 2.95. The Morgan fingerprint density at radius 2 is 2.15 bits per heavy atom. The predicted octanol–water partition coefficient (Wildman–Crippen LogP) is 2.21. The first-order valence-electron chi connectivity index (χ1n) is 7.85. The van der Waals surface area contributed by atoms with Gasteiger partial charge < -0.3 is 10.1 Å².